The van der Waals surface area contributed by atoms with Crippen LogP contribution >= 0.6 is 0 Å². The third-order valence-corrected chi connectivity index (χ3v) is 2.59. The summed E-state index contributed by atoms with van der Waals surface area (Å²) in [4.78, 5) is 17.3. The summed E-state index contributed by atoms with van der Waals surface area (Å²) in [5.41, 5.74) is 1.57. The quantitative estimate of drug-likeness (QED) is 0.269. The van der Waals surface area contributed by atoms with Crippen LogP contribution in [0.3, 0.4) is 0 Å². The molecule has 0 aliphatic rings. The van der Waals surface area contributed by atoms with E-state index in [1.54, 1.807) is 0 Å². The van der Waals surface area contributed by atoms with Crippen LogP contribution in [0.4, 0.5) is 17.3 Å². The van der Waals surface area contributed by atoms with Crippen LogP contribution < -0.4 is 21.7 Å². The standard InChI is InChI=1S/C6H11N7O4S/c7-12-6-4(13(14)15)5(10-3-11-6)9-1-2-18(8,16)17/h3H,1-2,7H2,(H2,8,16,17)(H2,9,10,11,12). The van der Waals surface area contributed by atoms with Gasteiger partial charge in [0, 0.05) is 6.54 Å². The molecule has 1 rings (SSSR count). The fourth-order valence-electron chi connectivity index (χ4n) is 1.10. The fraction of sp³-hybridized carbons (Fsp3) is 0.333. The van der Waals surface area contributed by atoms with E-state index < -0.39 is 20.6 Å². The van der Waals surface area contributed by atoms with Crippen molar-refractivity contribution < 1.29 is 13.3 Å². The van der Waals surface area contributed by atoms with Gasteiger partial charge in [-0.3, -0.25) is 10.1 Å². The molecule has 1 heterocycles. The molecule has 0 amide bonds. The van der Waals surface area contributed by atoms with Gasteiger partial charge in [-0.15, -0.1) is 0 Å². The molecular weight excluding hydrogens is 266 g/mol. The van der Waals surface area contributed by atoms with Gasteiger partial charge in [0.2, 0.25) is 21.7 Å². The van der Waals surface area contributed by atoms with Crippen molar-refractivity contribution >= 4 is 27.3 Å². The first-order valence-corrected chi connectivity index (χ1v) is 6.27. The van der Waals surface area contributed by atoms with Crippen molar-refractivity contribution in [3.63, 3.8) is 0 Å². The number of hydrazine groups is 1. The summed E-state index contributed by atoms with van der Waals surface area (Å²) in [6.45, 7) is -0.124. The Bertz CT molecular complexity index is 545. The molecule has 0 aliphatic heterocycles. The Morgan fingerprint density at radius 3 is 2.50 bits per heavy atom. The average molecular weight is 277 g/mol. The molecule has 0 unspecified atom stereocenters. The monoisotopic (exact) mass is 277 g/mol. The molecule has 0 radical (unpaired) electrons. The topological polar surface area (TPSA) is 179 Å². The number of nitrogen functional groups attached to an aromatic ring is 1. The van der Waals surface area contributed by atoms with Crippen molar-refractivity contribution in [1.29, 1.82) is 0 Å². The average Bonchev–Trinajstić information content (AvgIpc) is 2.26. The van der Waals surface area contributed by atoms with Crippen LogP contribution in [0.15, 0.2) is 6.33 Å². The number of nitrogens with two attached hydrogens (primary N) is 2. The van der Waals surface area contributed by atoms with Crippen LogP contribution in [0.25, 0.3) is 0 Å². The van der Waals surface area contributed by atoms with E-state index in [0.717, 1.165) is 6.33 Å². The van der Waals surface area contributed by atoms with Gasteiger partial charge in [-0.05, 0) is 0 Å². The Kier molecular flexibility index (Phi) is 4.30. The van der Waals surface area contributed by atoms with E-state index in [0.29, 0.717) is 0 Å². The van der Waals surface area contributed by atoms with Gasteiger partial charge < -0.3 is 10.7 Å². The molecule has 100 valence electrons. The summed E-state index contributed by atoms with van der Waals surface area (Å²) in [5, 5.41) is 18.1. The number of nitrogens with zero attached hydrogens (tertiary/aromatic N) is 3. The number of hydrogen-bond acceptors (Lipinski definition) is 9. The van der Waals surface area contributed by atoms with Gasteiger partial charge in [-0.2, -0.15) is 0 Å². The van der Waals surface area contributed by atoms with E-state index in [-0.39, 0.29) is 23.9 Å². The Hall–Kier alpha value is -2.05. The van der Waals surface area contributed by atoms with Gasteiger partial charge in [0.1, 0.15) is 6.33 Å². The smallest absolute Gasteiger partial charge is 0.354 e. The lowest BCUT2D eigenvalue weighted by atomic mass is 10.4. The van der Waals surface area contributed by atoms with Crippen LogP contribution in [0.1, 0.15) is 0 Å². The van der Waals surface area contributed by atoms with E-state index in [9.17, 15) is 18.5 Å². The summed E-state index contributed by atoms with van der Waals surface area (Å²) in [6.07, 6.45) is 1.04. The number of primary sulfonamides is 1. The number of nitro groups is 1. The van der Waals surface area contributed by atoms with Crippen LogP contribution in [0.2, 0.25) is 0 Å². The summed E-state index contributed by atoms with van der Waals surface area (Å²) in [6, 6.07) is 0. The van der Waals surface area contributed by atoms with Crippen LogP contribution in [0, 0.1) is 10.1 Å². The van der Waals surface area contributed by atoms with Gasteiger partial charge in [0.15, 0.2) is 0 Å². The third kappa shape index (κ3) is 3.76. The molecule has 11 nitrogen and oxygen atoms in total. The lowest BCUT2D eigenvalue weighted by Gasteiger charge is -2.07. The number of sulfonamides is 1. The van der Waals surface area contributed by atoms with Crippen molar-refractivity contribution in [2.24, 2.45) is 11.0 Å². The number of hydrogen-bond donors (Lipinski definition) is 4. The van der Waals surface area contributed by atoms with E-state index in [4.69, 9.17) is 11.0 Å². The molecule has 0 aromatic carbocycles. The summed E-state index contributed by atoms with van der Waals surface area (Å²) in [5.74, 6) is 4.34. The van der Waals surface area contributed by atoms with E-state index in [1.807, 2.05) is 5.43 Å². The first kappa shape index (κ1) is 14.0. The SMILES string of the molecule is NNc1ncnc(NCCS(N)(=O)=O)c1[N+](=O)[O-]. The molecule has 0 aliphatic carbocycles. The second kappa shape index (κ2) is 5.52. The lowest BCUT2D eigenvalue weighted by Crippen LogP contribution is -2.23. The molecule has 0 fully saturated rings. The van der Waals surface area contributed by atoms with Gasteiger partial charge in [-0.25, -0.2) is 29.4 Å². The predicted molar refractivity (Wildman–Crippen MR) is 63.0 cm³/mol. The molecule has 0 atom stereocenters. The minimum Gasteiger partial charge on any atom is -0.363 e. The highest BCUT2D eigenvalue weighted by Crippen LogP contribution is 2.27. The van der Waals surface area contributed by atoms with Crippen molar-refractivity contribution in [1.82, 2.24) is 9.97 Å². The van der Waals surface area contributed by atoms with Gasteiger partial charge in [0.05, 0.1) is 10.7 Å². The van der Waals surface area contributed by atoms with Crippen LogP contribution in [-0.2, 0) is 10.0 Å². The van der Waals surface area contributed by atoms with Crippen molar-refractivity contribution in [2.45, 2.75) is 0 Å². The van der Waals surface area contributed by atoms with Gasteiger partial charge in [0.25, 0.3) is 0 Å². The summed E-state index contributed by atoms with van der Waals surface area (Å²) in [7, 11) is -3.66. The third-order valence-electron chi connectivity index (χ3n) is 1.82. The minimum atomic E-state index is -3.66. The molecule has 1 aromatic rings. The second-order valence-electron chi connectivity index (χ2n) is 3.11. The maximum Gasteiger partial charge on any atom is 0.354 e. The minimum absolute atomic E-state index is 0.124. The molecule has 1 aromatic heterocycles. The zero-order valence-corrected chi connectivity index (χ0v) is 9.85. The van der Waals surface area contributed by atoms with Crippen molar-refractivity contribution in [3.05, 3.63) is 16.4 Å². The first-order chi connectivity index (χ1) is 8.35. The zero-order valence-electron chi connectivity index (χ0n) is 9.03. The maximum atomic E-state index is 10.8. The normalized spacial score (nSPS) is 11.0. The van der Waals surface area contributed by atoms with Gasteiger partial charge in [-0.1, -0.05) is 0 Å². The van der Waals surface area contributed by atoms with Crippen LogP contribution in [-0.4, -0.2) is 35.6 Å². The summed E-state index contributed by atoms with van der Waals surface area (Å²) >= 11 is 0. The highest BCUT2D eigenvalue weighted by molar-refractivity contribution is 7.89. The molecule has 6 N–H and O–H groups in total. The molecule has 0 saturated heterocycles. The maximum absolute atomic E-state index is 10.8. The van der Waals surface area contributed by atoms with E-state index in [1.165, 1.54) is 0 Å². The Labute approximate surface area is 102 Å². The number of anilines is 2. The molecule has 18 heavy (non-hydrogen) atoms. The predicted octanol–water partition coefficient (Wildman–Crippen LogP) is -1.63. The lowest BCUT2D eigenvalue weighted by molar-refractivity contribution is -0.383. The number of nitrogens with one attached hydrogen (secondary N) is 2. The molecule has 12 heteroatoms. The largest absolute Gasteiger partial charge is 0.363 e. The van der Waals surface area contributed by atoms with Crippen molar-refractivity contribution in [3.8, 4) is 0 Å². The first-order valence-electron chi connectivity index (χ1n) is 4.55. The zero-order chi connectivity index (χ0) is 13.8. The highest BCUT2D eigenvalue weighted by Gasteiger charge is 2.22. The van der Waals surface area contributed by atoms with E-state index in [2.05, 4.69) is 15.3 Å². The molecule has 0 saturated carbocycles. The molecule has 0 spiro atoms. The number of aromatic nitrogens is 2. The van der Waals surface area contributed by atoms with Crippen LogP contribution in [0.5, 0.6) is 0 Å². The Morgan fingerprint density at radius 2 is 2.00 bits per heavy atom. The summed E-state index contributed by atoms with van der Waals surface area (Å²) < 4.78 is 21.4. The fourth-order valence-corrected chi connectivity index (χ4v) is 1.48. The Morgan fingerprint density at radius 1 is 1.39 bits per heavy atom. The number of rotatable bonds is 6. The van der Waals surface area contributed by atoms with E-state index >= 15 is 0 Å². The highest BCUT2D eigenvalue weighted by atomic mass is 32.2. The van der Waals surface area contributed by atoms with Crippen molar-refractivity contribution in [2.75, 3.05) is 23.0 Å². The molecular formula is C6H11N7O4S. The second-order valence-corrected chi connectivity index (χ2v) is 4.85. The Balaban J connectivity index is 2.92. The molecule has 0 bridgehead atoms. The van der Waals surface area contributed by atoms with Gasteiger partial charge >= 0.3 is 5.69 Å².